The van der Waals surface area contributed by atoms with Gasteiger partial charge in [-0.3, -0.25) is 4.79 Å². The number of amides is 1. The molecule has 2 rings (SSSR count). The quantitative estimate of drug-likeness (QED) is 0.845. The molecule has 0 aromatic heterocycles. The molecule has 1 fully saturated rings. The summed E-state index contributed by atoms with van der Waals surface area (Å²) in [6.45, 7) is 7.13. The maximum absolute atomic E-state index is 12.5. The smallest absolute Gasteiger partial charge is 0.240 e. The Morgan fingerprint density at radius 1 is 1.50 bits per heavy atom. The summed E-state index contributed by atoms with van der Waals surface area (Å²) < 4.78 is 5.65. The minimum Gasteiger partial charge on any atom is -0.378 e. The van der Waals surface area contributed by atoms with Crippen LogP contribution in [-0.4, -0.2) is 30.7 Å². The van der Waals surface area contributed by atoms with E-state index in [4.69, 9.17) is 22.1 Å². The molecular formula is C17H25ClN2O2. The first-order chi connectivity index (χ1) is 10.3. The number of nitrogens with two attached hydrogens (primary N) is 1. The summed E-state index contributed by atoms with van der Waals surface area (Å²) in [5.41, 5.74) is 6.21. The number of halogens is 1. The zero-order valence-corrected chi connectivity index (χ0v) is 14.2. The van der Waals surface area contributed by atoms with Gasteiger partial charge in [-0.15, -0.1) is 0 Å². The summed E-state index contributed by atoms with van der Waals surface area (Å²) in [6, 6.07) is 7.65. The first-order valence-electron chi connectivity index (χ1n) is 7.74. The van der Waals surface area contributed by atoms with E-state index in [2.05, 4.69) is 5.32 Å². The third-order valence-electron chi connectivity index (χ3n) is 4.82. The van der Waals surface area contributed by atoms with Crippen molar-refractivity contribution in [3.63, 3.8) is 0 Å². The summed E-state index contributed by atoms with van der Waals surface area (Å²) >= 11 is 5.95. The van der Waals surface area contributed by atoms with Gasteiger partial charge in [0.15, 0.2) is 0 Å². The first-order valence-corrected chi connectivity index (χ1v) is 8.12. The lowest BCUT2D eigenvalue weighted by atomic mass is 9.54. The van der Waals surface area contributed by atoms with E-state index in [0.29, 0.717) is 24.6 Å². The highest BCUT2D eigenvalue weighted by molar-refractivity contribution is 6.30. The summed E-state index contributed by atoms with van der Waals surface area (Å²) in [5, 5.41) is 3.66. The van der Waals surface area contributed by atoms with Crippen LogP contribution in [0.2, 0.25) is 5.02 Å². The second kappa shape index (κ2) is 6.57. The van der Waals surface area contributed by atoms with Crippen LogP contribution in [0, 0.1) is 5.41 Å². The number of rotatable bonds is 6. The number of hydrogen-bond donors (Lipinski definition) is 2. The van der Waals surface area contributed by atoms with Crippen molar-refractivity contribution in [2.75, 3.05) is 13.2 Å². The van der Waals surface area contributed by atoms with Gasteiger partial charge in [0.1, 0.15) is 5.54 Å². The summed E-state index contributed by atoms with van der Waals surface area (Å²) in [4.78, 5) is 12.5. The molecule has 3 N–H and O–H groups in total. The molecule has 2 unspecified atom stereocenters. The lowest BCUT2D eigenvalue weighted by Gasteiger charge is -2.57. The van der Waals surface area contributed by atoms with Crippen LogP contribution in [0.5, 0.6) is 0 Å². The van der Waals surface area contributed by atoms with Crippen molar-refractivity contribution in [3.8, 4) is 0 Å². The zero-order chi connectivity index (χ0) is 16.4. The molecule has 0 spiro atoms. The minimum absolute atomic E-state index is 0.0428. The topological polar surface area (TPSA) is 64.3 Å². The Kier molecular flexibility index (Phi) is 5.15. The Morgan fingerprint density at radius 2 is 2.23 bits per heavy atom. The Hall–Kier alpha value is -1.10. The summed E-state index contributed by atoms with van der Waals surface area (Å²) in [6.07, 6.45) is 1.34. The van der Waals surface area contributed by atoms with Gasteiger partial charge in [-0.1, -0.05) is 37.6 Å². The van der Waals surface area contributed by atoms with Crippen molar-refractivity contribution in [1.82, 2.24) is 5.32 Å². The largest absolute Gasteiger partial charge is 0.378 e. The number of benzene rings is 1. The van der Waals surface area contributed by atoms with Crippen LogP contribution in [0.15, 0.2) is 24.3 Å². The fourth-order valence-electron chi connectivity index (χ4n) is 2.99. The van der Waals surface area contributed by atoms with E-state index in [9.17, 15) is 4.79 Å². The highest BCUT2D eigenvalue weighted by Crippen LogP contribution is 2.49. The molecule has 1 saturated carbocycles. The highest BCUT2D eigenvalue weighted by Gasteiger charge is 2.62. The van der Waals surface area contributed by atoms with Crippen LogP contribution in [-0.2, 0) is 16.0 Å². The van der Waals surface area contributed by atoms with Crippen molar-refractivity contribution in [2.45, 2.75) is 45.3 Å². The molecule has 1 aromatic rings. The average Bonchev–Trinajstić information content (AvgIpc) is 2.46. The van der Waals surface area contributed by atoms with E-state index in [-0.39, 0.29) is 17.4 Å². The number of carbonyl (C=O) groups is 1. The van der Waals surface area contributed by atoms with E-state index < -0.39 is 5.54 Å². The van der Waals surface area contributed by atoms with Gasteiger partial charge < -0.3 is 15.8 Å². The Bertz CT molecular complexity index is 547. The predicted octanol–water partition coefficient (Wildman–Crippen LogP) is 2.53. The fraction of sp³-hybridized carbons (Fsp3) is 0.588. The van der Waals surface area contributed by atoms with Crippen molar-refractivity contribution in [3.05, 3.63) is 34.9 Å². The van der Waals surface area contributed by atoms with Crippen molar-refractivity contribution < 1.29 is 9.53 Å². The van der Waals surface area contributed by atoms with Crippen molar-refractivity contribution in [2.24, 2.45) is 11.1 Å². The third-order valence-corrected chi connectivity index (χ3v) is 5.06. The van der Waals surface area contributed by atoms with Gasteiger partial charge in [0, 0.05) is 30.0 Å². The molecule has 122 valence electrons. The van der Waals surface area contributed by atoms with Gasteiger partial charge in [0.05, 0.1) is 6.10 Å². The van der Waals surface area contributed by atoms with E-state index in [1.165, 1.54) is 0 Å². The van der Waals surface area contributed by atoms with Gasteiger partial charge in [-0.05, 0) is 31.0 Å². The Labute approximate surface area is 137 Å². The standard InChI is InChI=1S/C17H25ClN2O2/c1-4-22-14-11-17(19,16(14,2)3)15(21)20-9-8-12-6-5-7-13(18)10-12/h5-7,10,14H,4,8-9,11,19H2,1-3H3,(H,20,21). The molecule has 1 aliphatic carbocycles. The molecule has 4 nitrogen and oxygen atoms in total. The lowest BCUT2D eigenvalue weighted by molar-refractivity contribution is -0.170. The van der Waals surface area contributed by atoms with Crippen LogP contribution >= 0.6 is 11.6 Å². The van der Waals surface area contributed by atoms with Crippen molar-refractivity contribution in [1.29, 1.82) is 0 Å². The Morgan fingerprint density at radius 3 is 2.82 bits per heavy atom. The van der Waals surface area contributed by atoms with Crippen LogP contribution in [0.25, 0.3) is 0 Å². The van der Waals surface area contributed by atoms with E-state index in [1.807, 2.05) is 45.0 Å². The summed E-state index contributed by atoms with van der Waals surface area (Å²) in [7, 11) is 0. The van der Waals surface area contributed by atoms with Gasteiger partial charge in [0.2, 0.25) is 5.91 Å². The van der Waals surface area contributed by atoms with E-state index in [0.717, 1.165) is 12.0 Å². The molecular weight excluding hydrogens is 300 g/mol. The van der Waals surface area contributed by atoms with Crippen LogP contribution in [0.1, 0.15) is 32.8 Å². The predicted molar refractivity (Wildman–Crippen MR) is 88.9 cm³/mol. The molecule has 1 amide bonds. The SMILES string of the molecule is CCOC1CC(N)(C(=O)NCCc2cccc(Cl)c2)C1(C)C. The van der Waals surface area contributed by atoms with Crippen LogP contribution in [0.4, 0.5) is 0 Å². The molecule has 5 heteroatoms. The fourth-order valence-corrected chi connectivity index (χ4v) is 3.20. The lowest BCUT2D eigenvalue weighted by Crippen LogP contribution is -2.75. The molecule has 0 saturated heterocycles. The summed E-state index contributed by atoms with van der Waals surface area (Å²) in [5.74, 6) is -0.101. The zero-order valence-electron chi connectivity index (χ0n) is 13.5. The Balaban J connectivity index is 1.87. The van der Waals surface area contributed by atoms with Gasteiger partial charge in [-0.25, -0.2) is 0 Å². The highest BCUT2D eigenvalue weighted by atomic mass is 35.5. The molecule has 0 radical (unpaired) electrons. The van der Waals surface area contributed by atoms with E-state index >= 15 is 0 Å². The molecule has 22 heavy (non-hydrogen) atoms. The molecule has 1 aromatic carbocycles. The second-order valence-corrected chi connectivity index (χ2v) is 6.91. The normalized spacial score (nSPS) is 26.3. The van der Waals surface area contributed by atoms with Gasteiger partial charge >= 0.3 is 0 Å². The van der Waals surface area contributed by atoms with E-state index in [1.54, 1.807) is 0 Å². The van der Waals surface area contributed by atoms with Crippen molar-refractivity contribution >= 4 is 17.5 Å². The molecule has 1 aliphatic rings. The molecule has 0 aliphatic heterocycles. The number of ether oxygens (including phenoxy) is 1. The van der Waals surface area contributed by atoms with Gasteiger partial charge in [-0.2, -0.15) is 0 Å². The third kappa shape index (κ3) is 3.14. The van der Waals surface area contributed by atoms with Gasteiger partial charge in [0.25, 0.3) is 0 Å². The first kappa shape index (κ1) is 17.3. The molecule has 0 heterocycles. The maximum atomic E-state index is 12.5. The molecule has 2 atom stereocenters. The van der Waals surface area contributed by atoms with Crippen LogP contribution in [0.3, 0.4) is 0 Å². The van der Waals surface area contributed by atoms with Crippen LogP contribution < -0.4 is 11.1 Å². The number of hydrogen-bond acceptors (Lipinski definition) is 3. The second-order valence-electron chi connectivity index (χ2n) is 6.48. The minimum atomic E-state index is -0.860. The number of nitrogens with one attached hydrogen (secondary N) is 1. The number of carbonyl (C=O) groups excluding carboxylic acids is 1. The maximum Gasteiger partial charge on any atom is 0.240 e. The molecule has 0 bridgehead atoms. The monoisotopic (exact) mass is 324 g/mol. The average molecular weight is 325 g/mol.